The number of rotatable bonds is 3. The van der Waals surface area contributed by atoms with Crippen molar-refractivity contribution in [3.8, 4) is 0 Å². The number of hydrogen-bond acceptors (Lipinski definition) is 4. The highest BCUT2D eigenvalue weighted by atomic mass is 16.1. The fraction of sp³-hybridized carbons (Fsp3) is 0.538. The van der Waals surface area contributed by atoms with Gasteiger partial charge in [-0.05, 0) is 37.3 Å². The van der Waals surface area contributed by atoms with Crippen LogP contribution in [0, 0.1) is 0 Å². The SMILES string of the molecule is O=C=NC1(c2ccc(N3CCCC3)nc2)CC1. The average molecular weight is 229 g/mol. The maximum absolute atomic E-state index is 10.4. The molecule has 1 aromatic heterocycles. The van der Waals surface area contributed by atoms with Crippen LogP contribution in [0.4, 0.5) is 5.82 Å². The molecule has 0 atom stereocenters. The summed E-state index contributed by atoms with van der Waals surface area (Å²) >= 11 is 0. The number of hydrogen-bond donors (Lipinski definition) is 0. The fourth-order valence-electron chi connectivity index (χ4n) is 2.47. The Morgan fingerprint density at radius 1 is 1.29 bits per heavy atom. The molecule has 1 aromatic rings. The van der Waals surface area contributed by atoms with Crippen LogP contribution in [-0.2, 0) is 10.3 Å². The first-order valence-corrected chi connectivity index (χ1v) is 6.15. The molecule has 1 saturated heterocycles. The van der Waals surface area contributed by atoms with Crippen LogP contribution in [0.5, 0.6) is 0 Å². The largest absolute Gasteiger partial charge is 0.357 e. The Morgan fingerprint density at radius 3 is 2.59 bits per heavy atom. The molecule has 0 spiro atoms. The lowest BCUT2D eigenvalue weighted by atomic mass is 10.1. The van der Waals surface area contributed by atoms with E-state index in [2.05, 4.69) is 20.9 Å². The van der Waals surface area contributed by atoms with Crippen molar-refractivity contribution in [1.29, 1.82) is 0 Å². The van der Waals surface area contributed by atoms with Crippen LogP contribution in [0.15, 0.2) is 23.3 Å². The molecule has 2 heterocycles. The Kier molecular flexibility index (Phi) is 2.45. The monoisotopic (exact) mass is 229 g/mol. The van der Waals surface area contributed by atoms with Gasteiger partial charge in [0.2, 0.25) is 6.08 Å². The molecule has 1 saturated carbocycles. The zero-order valence-corrected chi connectivity index (χ0v) is 9.72. The van der Waals surface area contributed by atoms with E-state index in [1.165, 1.54) is 12.8 Å². The van der Waals surface area contributed by atoms with Crippen LogP contribution in [0.25, 0.3) is 0 Å². The highest BCUT2D eigenvalue weighted by Gasteiger charge is 2.45. The van der Waals surface area contributed by atoms with Crippen molar-refractivity contribution in [3.63, 3.8) is 0 Å². The predicted octanol–water partition coefficient (Wildman–Crippen LogP) is 2.01. The number of aliphatic imine (C=N–C) groups is 1. The van der Waals surface area contributed by atoms with Gasteiger partial charge in [0.25, 0.3) is 0 Å². The van der Waals surface area contributed by atoms with Gasteiger partial charge in [-0.2, -0.15) is 4.99 Å². The first kappa shape index (κ1) is 10.5. The van der Waals surface area contributed by atoms with Gasteiger partial charge >= 0.3 is 0 Å². The van der Waals surface area contributed by atoms with Crippen molar-refractivity contribution in [2.24, 2.45) is 4.99 Å². The maximum Gasteiger partial charge on any atom is 0.235 e. The quantitative estimate of drug-likeness (QED) is 0.588. The third-order valence-electron chi connectivity index (χ3n) is 3.70. The summed E-state index contributed by atoms with van der Waals surface area (Å²) in [5.41, 5.74) is 0.752. The van der Waals surface area contributed by atoms with Crippen LogP contribution in [0.1, 0.15) is 31.2 Å². The molecule has 0 unspecified atom stereocenters. The lowest BCUT2D eigenvalue weighted by Crippen LogP contribution is -2.19. The van der Waals surface area contributed by atoms with Gasteiger partial charge in [0.1, 0.15) is 5.82 Å². The van der Waals surface area contributed by atoms with Crippen molar-refractivity contribution in [2.45, 2.75) is 31.2 Å². The molecule has 4 nitrogen and oxygen atoms in total. The molecule has 0 N–H and O–H groups in total. The first-order valence-electron chi connectivity index (χ1n) is 6.15. The Hall–Kier alpha value is -1.67. The minimum Gasteiger partial charge on any atom is -0.357 e. The molecular weight excluding hydrogens is 214 g/mol. The second-order valence-corrected chi connectivity index (χ2v) is 4.83. The summed E-state index contributed by atoms with van der Waals surface area (Å²) in [4.78, 5) is 21.1. The van der Waals surface area contributed by atoms with Gasteiger partial charge in [0, 0.05) is 19.3 Å². The standard InChI is InChI=1S/C13H15N3O/c17-10-15-13(5-6-13)11-3-4-12(14-9-11)16-7-1-2-8-16/h3-4,9H,1-2,5-8H2. The van der Waals surface area contributed by atoms with Crippen LogP contribution in [0.3, 0.4) is 0 Å². The lowest BCUT2D eigenvalue weighted by Gasteiger charge is -2.17. The number of nitrogens with zero attached hydrogens (tertiary/aromatic N) is 3. The molecule has 1 aliphatic heterocycles. The summed E-state index contributed by atoms with van der Waals surface area (Å²) in [7, 11) is 0. The van der Waals surface area contributed by atoms with E-state index < -0.39 is 0 Å². The number of aromatic nitrogens is 1. The van der Waals surface area contributed by atoms with Gasteiger partial charge in [-0.15, -0.1) is 0 Å². The van der Waals surface area contributed by atoms with Gasteiger partial charge in [0.15, 0.2) is 0 Å². The van der Waals surface area contributed by atoms with Crippen molar-refractivity contribution in [2.75, 3.05) is 18.0 Å². The van der Waals surface area contributed by atoms with Gasteiger partial charge in [0.05, 0.1) is 5.54 Å². The van der Waals surface area contributed by atoms with E-state index in [1.54, 1.807) is 6.08 Å². The summed E-state index contributed by atoms with van der Waals surface area (Å²) in [6.45, 7) is 2.20. The van der Waals surface area contributed by atoms with Crippen LogP contribution in [-0.4, -0.2) is 24.2 Å². The summed E-state index contributed by atoms with van der Waals surface area (Å²) < 4.78 is 0. The molecule has 3 rings (SSSR count). The van der Waals surface area contributed by atoms with E-state index in [0.29, 0.717) is 0 Å². The molecule has 1 aliphatic carbocycles. The Labute approximate surface area is 100 Å². The van der Waals surface area contributed by atoms with Gasteiger partial charge in [-0.3, -0.25) is 0 Å². The van der Waals surface area contributed by atoms with E-state index >= 15 is 0 Å². The second-order valence-electron chi connectivity index (χ2n) is 4.83. The number of anilines is 1. The Balaban J connectivity index is 1.82. The van der Waals surface area contributed by atoms with Gasteiger partial charge in [-0.1, -0.05) is 6.07 Å². The van der Waals surface area contributed by atoms with Crippen LogP contribution in [0.2, 0.25) is 0 Å². The summed E-state index contributed by atoms with van der Waals surface area (Å²) in [6.07, 6.45) is 7.92. The van der Waals surface area contributed by atoms with Gasteiger partial charge in [-0.25, -0.2) is 9.78 Å². The van der Waals surface area contributed by atoms with Gasteiger partial charge < -0.3 is 4.90 Å². The third-order valence-corrected chi connectivity index (χ3v) is 3.70. The van der Waals surface area contributed by atoms with Crippen LogP contribution < -0.4 is 4.90 Å². The van der Waals surface area contributed by atoms with E-state index in [4.69, 9.17) is 0 Å². The zero-order chi connectivity index (χ0) is 11.7. The highest BCUT2D eigenvalue weighted by molar-refractivity contribution is 5.45. The normalized spacial score (nSPS) is 21.1. The number of pyridine rings is 1. The minimum absolute atomic E-state index is 0.293. The summed E-state index contributed by atoms with van der Waals surface area (Å²) in [6, 6.07) is 4.09. The summed E-state index contributed by atoms with van der Waals surface area (Å²) in [5, 5.41) is 0. The lowest BCUT2D eigenvalue weighted by molar-refractivity contribution is 0.556. The van der Waals surface area contributed by atoms with E-state index in [0.717, 1.165) is 37.3 Å². The molecule has 0 aromatic carbocycles. The van der Waals surface area contributed by atoms with E-state index in [9.17, 15) is 4.79 Å². The van der Waals surface area contributed by atoms with E-state index in [-0.39, 0.29) is 5.54 Å². The Bertz CT molecular complexity index is 452. The predicted molar refractivity (Wildman–Crippen MR) is 64.7 cm³/mol. The molecule has 88 valence electrons. The third kappa shape index (κ3) is 1.85. The molecule has 2 aliphatic rings. The maximum atomic E-state index is 10.4. The summed E-state index contributed by atoms with van der Waals surface area (Å²) in [5.74, 6) is 1.04. The topological polar surface area (TPSA) is 45.6 Å². The molecule has 2 fully saturated rings. The fourth-order valence-corrected chi connectivity index (χ4v) is 2.47. The smallest absolute Gasteiger partial charge is 0.235 e. The van der Waals surface area contributed by atoms with Crippen molar-refractivity contribution >= 4 is 11.9 Å². The molecule has 4 heteroatoms. The first-order chi connectivity index (χ1) is 8.34. The molecule has 0 radical (unpaired) electrons. The molecule has 0 amide bonds. The van der Waals surface area contributed by atoms with Crippen LogP contribution >= 0.6 is 0 Å². The Morgan fingerprint density at radius 2 is 2.06 bits per heavy atom. The minimum atomic E-state index is -0.293. The van der Waals surface area contributed by atoms with E-state index in [1.807, 2.05) is 12.3 Å². The molecular formula is C13H15N3O. The zero-order valence-electron chi connectivity index (χ0n) is 9.72. The van der Waals surface area contributed by atoms with Crippen molar-refractivity contribution in [3.05, 3.63) is 23.9 Å². The molecule has 17 heavy (non-hydrogen) atoms. The van der Waals surface area contributed by atoms with Crippen molar-refractivity contribution < 1.29 is 4.79 Å². The average Bonchev–Trinajstić information content (AvgIpc) is 2.94. The second kappa shape index (κ2) is 3.97. The highest BCUT2D eigenvalue weighted by Crippen LogP contribution is 2.49. The molecule has 0 bridgehead atoms. The number of isocyanates is 1. The van der Waals surface area contributed by atoms with Crippen molar-refractivity contribution in [1.82, 2.24) is 4.98 Å². The number of carbonyl (C=O) groups excluding carboxylic acids is 1.